The molecule has 5 rings (SSSR count). The van der Waals surface area contributed by atoms with Crippen LogP contribution in [0, 0.1) is 0 Å². The summed E-state index contributed by atoms with van der Waals surface area (Å²) in [5.41, 5.74) is 1.42. The summed E-state index contributed by atoms with van der Waals surface area (Å²) in [6.07, 6.45) is 0.612. The highest BCUT2D eigenvalue weighted by atomic mass is 32.2. The number of piperazine rings is 1. The molecule has 1 aliphatic heterocycles. The topological polar surface area (TPSA) is 133 Å². The number of para-hydroxylation sites is 1. The van der Waals surface area contributed by atoms with Gasteiger partial charge in [-0.1, -0.05) is 78.9 Å². The molecule has 228 valence electrons. The quantitative estimate of drug-likeness (QED) is 0.276. The zero-order valence-corrected chi connectivity index (χ0v) is 25.4. The van der Waals surface area contributed by atoms with Crippen LogP contribution in [0.5, 0.6) is 0 Å². The fourth-order valence-electron chi connectivity index (χ4n) is 5.00. The Morgan fingerprint density at radius 2 is 1.23 bits per heavy atom. The van der Waals surface area contributed by atoms with E-state index < -0.39 is 44.4 Å². The van der Waals surface area contributed by atoms with Crippen LogP contribution in [0.1, 0.15) is 15.9 Å². The molecule has 0 spiro atoms. The zero-order chi connectivity index (χ0) is 31.2. The molecule has 0 bridgehead atoms. The molecule has 0 radical (unpaired) electrons. The molecule has 0 aromatic heterocycles. The van der Waals surface area contributed by atoms with Gasteiger partial charge in [-0.2, -0.15) is 8.61 Å². The minimum atomic E-state index is -4.18. The highest BCUT2D eigenvalue weighted by Crippen LogP contribution is 2.26. The van der Waals surface area contributed by atoms with E-state index in [0.717, 1.165) is 14.2 Å². The predicted octanol–water partition coefficient (Wildman–Crippen LogP) is 3.36. The molecule has 1 heterocycles. The predicted molar refractivity (Wildman–Crippen MR) is 167 cm³/mol. The van der Waals surface area contributed by atoms with Gasteiger partial charge in [0.1, 0.15) is 6.04 Å². The first-order valence-corrected chi connectivity index (χ1v) is 16.9. The Labute approximate surface area is 257 Å². The van der Waals surface area contributed by atoms with Gasteiger partial charge in [-0.15, -0.1) is 0 Å². The monoisotopic (exact) mass is 632 g/mol. The Hall–Kier alpha value is -4.36. The van der Waals surface area contributed by atoms with Crippen LogP contribution < -0.4 is 10.6 Å². The Bertz CT molecular complexity index is 1820. The Morgan fingerprint density at radius 3 is 1.86 bits per heavy atom. The van der Waals surface area contributed by atoms with Crippen LogP contribution in [0.25, 0.3) is 0 Å². The lowest BCUT2D eigenvalue weighted by molar-refractivity contribution is -0.120. The average Bonchev–Trinajstić information content (AvgIpc) is 3.06. The largest absolute Gasteiger partial charge is 0.352 e. The number of carbonyl (C=O) groups is 2. The summed E-state index contributed by atoms with van der Waals surface area (Å²) >= 11 is 0. The number of amides is 2. The van der Waals surface area contributed by atoms with Crippen LogP contribution in [0.3, 0.4) is 0 Å². The van der Waals surface area contributed by atoms with Gasteiger partial charge in [-0.3, -0.25) is 9.59 Å². The van der Waals surface area contributed by atoms with Gasteiger partial charge in [-0.05, 0) is 48.4 Å². The van der Waals surface area contributed by atoms with Gasteiger partial charge in [0, 0.05) is 26.2 Å². The first-order chi connectivity index (χ1) is 21.2. The SMILES string of the molecule is O=C(NCCc1ccccc1)c1ccccc1NC(=O)[C@H]1CN(S(=O)(=O)c2ccccc2)CCN1S(=O)(=O)c1ccccc1. The summed E-state index contributed by atoms with van der Waals surface area (Å²) in [7, 11) is -8.20. The van der Waals surface area contributed by atoms with Crippen LogP contribution in [0.2, 0.25) is 0 Å². The van der Waals surface area contributed by atoms with Crippen molar-refractivity contribution in [3.63, 3.8) is 0 Å². The zero-order valence-electron chi connectivity index (χ0n) is 23.7. The number of carbonyl (C=O) groups excluding carboxylic acids is 2. The molecule has 0 unspecified atom stereocenters. The maximum atomic E-state index is 13.9. The summed E-state index contributed by atoms with van der Waals surface area (Å²) < 4.78 is 56.5. The maximum absolute atomic E-state index is 13.9. The maximum Gasteiger partial charge on any atom is 0.253 e. The molecule has 44 heavy (non-hydrogen) atoms. The Kier molecular flexibility index (Phi) is 9.55. The Morgan fingerprint density at radius 1 is 0.682 bits per heavy atom. The van der Waals surface area contributed by atoms with Gasteiger partial charge in [0.15, 0.2) is 0 Å². The molecule has 1 saturated heterocycles. The molecule has 12 heteroatoms. The molecule has 2 N–H and O–H groups in total. The van der Waals surface area contributed by atoms with Crippen LogP contribution in [-0.2, 0) is 31.3 Å². The summed E-state index contributed by atoms with van der Waals surface area (Å²) in [5, 5.41) is 5.56. The van der Waals surface area contributed by atoms with Crippen molar-refractivity contribution in [2.45, 2.75) is 22.3 Å². The molecule has 4 aromatic rings. The standard InChI is InChI=1S/C32H32N4O6S2/c37-31(33-21-20-25-12-4-1-5-13-25)28-18-10-11-19-29(28)34-32(38)30-24-35(43(39,40)26-14-6-2-7-15-26)22-23-36(30)44(41,42)27-16-8-3-9-17-27/h1-19,30H,20-24H2,(H,33,37)(H,34,38)/t30-/m1/s1. The molecule has 0 aliphatic carbocycles. The van der Waals surface area contributed by atoms with E-state index in [2.05, 4.69) is 10.6 Å². The van der Waals surface area contributed by atoms with Crippen molar-refractivity contribution < 1.29 is 26.4 Å². The van der Waals surface area contributed by atoms with Crippen molar-refractivity contribution in [3.05, 3.63) is 126 Å². The van der Waals surface area contributed by atoms with Crippen molar-refractivity contribution in [1.82, 2.24) is 13.9 Å². The smallest absolute Gasteiger partial charge is 0.253 e. The van der Waals surface area contributed by atoms with Crippen molar-refractivity contribution in [2.24, 2.45) is 0 Å². The van der Waals surface area contributed by atoms with E-state index in [1.54, 1.807) is 60.7 Å². The van der Waals surface area contributed by atoms with E-state index in [-0.39, 0.29) is 34.1 Å². The molecular formula is C32H32N4O6S2. The van der Waals surface area contributed by atoms with E-state index in [1.807, 2.05) is 30.3 Å². The first-order valence-electron chi connectivity index (χ1n) is 14.0. The number of hydrogen-bond donors (Lipinski definition) is 2. The third-order valence-corrected chi connectivity index (χ3v) is 11.1. The van der Waals surface area contributed by atoms with Crippen molar-refractivity contribution in [2.75, 3.05) is 31.5 Å². The normalized spacial score (nSPS) is 16.2. The number of sulfonamides is 2. The second kappa shape index (κ2) is 13.5. The molecule has 1 fully saturated rings. The third-order valence-electron chi connectivity index (χ3n) is 7.30. The molecule has 10 nitrogen and oxygen atoms in total. The molecule has 1 aliphatic rings. The van der Waals surface area contributed by atoms with Crippen LogP contribution in [0.4, 0.5) is 5.69 Å². The molecule has 1 atom stereocenters. The van der Waals surface area contributed by atoms with E-state index in [4.69, 9.17) is 0 Å². The number of hydrogen-bond acceptors (Lipinski definition) is 6. The highest BCUT2D eigenvalue weighted by Gasteiger charge is 2.43. The van der Waals surface area contributed by atoms with Gasteiger partial charge < -0.3 is 10.6 Å². The molecular weight excluding hydrogens is 601 g/mol. The second-order valence-corrected chi connectivity index (χ2v) is 14.0. The summed E-state index contributed by atoms with van der Waals surface area (Å²) in [6.45, 7) is -0.444. The fraction of sp³-hybridized carbons (Fsp3) is 0.188. The van der Waals surface area contributed by atoms with Crippen molar-refractivity contribution in [1.29, 1.82) is 0 Å². The molecule has 4 aromatic carbocycles. The highest BCUT2D eigenvalue weighted by molar-refractivity contribution is 7.89. The van der Waals surface area contributed by atoms with Crippen LogP contribution >= 0.6 is 0 Å². The van der Waals surface area contributed by atoms with E-state index in [9.17, 15) is 26.4 Å². The molecule has 2 amide bonds. The van der Waals surface area contributed by atoms with Gasteiger partial charge in [0.05, 0.1) is 21.0 Å². The summed E-state index contributed by atoms with van der Waals surface area (Å²) in [6, 6.07) is 30.1. The lowest BCUT2D eigenvalue weighted by atomic mass is 10.1. The van der Waals surface area contributed by atoms with Crippen molar-refractivity contribution in [3.8, 4) is 0 Å². The average molecular weight is 633 g/mol. The number of nitrogens with one attached hydrogen (secondary N) is 2. The minimum Gasteiger partial charge on any atom is -0.352 e. The second-order valence-electron chi connectivity index (χ2n) is 10.1. The van der Waals surface area contributed by atoms with E-state index >= 15 is 0 Å². The summed E-state index contributed by atoms with van der Waals surface area (Å²) in [4.78, 5) is 27.0. The molecule has 0 saturated carbocycles. The third kappa shape index (κ3) is 6.89. The van der Waals surface area contributed by atoms with E-state index in [0.29, 0.717) is 13.0 Å². The fourth-order valence-corrected chi connectivity index (χ4v) is 8.05. The number of anilines is 1. The van der Waals surface area contributed by atoms with E-state index in [1.165, 1.54) is 24.3 Å². The first kappa shape index (κ1) is 31.1. The van der Waals surface area contributed by atoms with Gasteiger partial charge in [0.25, 0.3) is 5.91 Å². The Balaban J connectivity index is 1.40. The number of rotatable bonds is 10. The number of nitrogens with zero attached hydrogens (tertiary/aromatic N) is 2. The summed E-state index contributed by atoms with van der Waals surface area (Å²) in [5.74, 6) is -1.18. The van der Waals surface area contributed by atoms with Gasteiger partial charge in [-0.25, -0.2) is 16.8 Å². The van der Waals surface area contributed by atoms with Crippen LogP contribution in [0.15, 0.2) is 125 Å². The van der Waals surface area contributed by atoms with Crippen LogP contribution in [-0.4, -0.2) is 69.5 Å². The lowest BCUT2D eigenvalue weighted by Gasteiger charge is -2.39. The van der Waals surface area contributed by atoms with Gasteiger partial charge in [0.2, 0.25) is 26.0 Å². The van der Waals surface area contributed by atoms with Crippen molar-refractivity contribution >= 4 is 37.5 Å². The lowest BCUT2D eigenvalue weighted by Crippen LogP contribution is -2.60. The minimum absolute atomic E-state index is 0.0182. The van der Waals surface area contributed by atoms with Gasteiger partial charge >= 0.3 is 0 Å². The number of benzene rings is 4.